The summed E-state index contributed by atoms with van der Waals surface area (Å²) in [7, 11) is 0. The standard InChI is InChI=1S/C19H39N3/c1-17(2)15-20-9-7-19(6,8-10-20)16-21-11-13-22(14-12-21)18(3,4)5/h17H,7-16H2,1-6H3. The summed E-state index contributed by atoms with van der Waals surface area (Å²) in [5.41, 5.74) is 0.871. The van der Waals surface area contributed by atoms with E-state index in [9.17, 15) is 0 Å². The van der Waals surface area contributed by atoms with Crippen LogP contribution in [-0.4, -0.2) is 72.6 Å². The number of likely N-dealkylation sites (tertiary alicyclic amines) is 1. The van der Waals surface area contributed by atoms with Crippen LogP contribution < -0.4 is 0 Å². The van der Waals surface area contributed by atoms with Gasteiger partial charge in [0.1, 0.15) is 0 Å². The molecule has 2 aliphatic heterocycles. The van der Waals surface area contributed by atoms with E-state index in [-0.39, 0.29) is 0 Å². The largest absolute Gasteiger partial charge is 0.303 e. The van der Waals surface area contributed by atoms with Crippen molar-refractivity contribution < 1.29 is 0 Å². The normalized spacial score (nSPS) is 25.8. The van der Waals surface area contributed by atoms with Crippen LogP contribution in [0.15, 0.2) is 0 Å². The molecule has 2 fully saturated rings. The fraction of sp³-hybridized carbons (Fsp3) is 1.00. The van der Waals surface area contributed by atoms with Crippen molar-refractivity contribution in [1.29, 1.82) is 0 Å². The highest BCUT2D eigenvalue weighted by atomic mass is 15.3. The van der Waals surface area contributed by atoms with Gasteiger partial charge in [-0.15, -0.1) is 0 Å². The van der Waals surface area contributed by atoms with E-state index in [0.29, 0.717) is 11.0 Å². The second-order valence-electron chi connectivity index (χ2n) is 9.44. The lowest BCUT2D eigenvalue weighted by molar-refractivity contribution is 0.0220. The van der Waals surface area contributed by atoms with Crippen molar-refractivity contribution in [2.75, 3.05) is 52.4 Å². The Morgan fingerprint density at radius 1 is 0.864 bits per heavy atom. The monoisotopic (exact) mass is 309 g/mol. The molecule has 0 radical (unpaired) electrons. The molecule has 3 nitrogen and oxygen atoms in total. The average Bonchev–Trinajstić information content (AvgIpc) is 2.41. The number of hydrogen-bond acceptors (Lipinski definition) is 3. The first-order valence-corrected chi connectivity index (χ1v) is 9.38. The van der Waals surface area contributed by atoms with Gasteiger partial charge >= 0.3 is 0 Å². The third-order valence-corrected chi connectivity index (χ3v) is 5.61. The number of piperidine rings is 1. The highest BCUT2D eigenvalue weighted by Crippen LogP contribution is 2.32. The van der Waals surface area contributed by atoms with Crippen molar-refractivity contribution >= 4 is 0 Å². The number of nitrogens with zero attached hydrogens (tertiary/aromatic N) is 3. The third-order valence-electron chi connectivity index (χ3n) is 5.61. The Morgan fingerprint density at radius 3 is 1.86 bits per heavy atom. The summed E-state index contributed by atoms with van der Waals surface area (Å²) in [5.74, 6) is 0.801. The fourth-order valence-corrected chi connectivity index (χ4v) is 4.07. The summed E-state index contributed by atoms with van der Waals surface area (Å²) in [5, 5.41) is 0. The van der Waals surface area contributed by atoms with Crippen LogP contribution in [0.1, 0.15) is 54.4 Å². The molecule has 2 heterocycles. The highest BCUT2D eigenvalue weighted by Gasteiger charge is 2.34. The van der Waals surface area contributed by atoms with Gasteiger partial charge in [0, 0.05) is 44.8 Å². The van der Waals surface area contributed by atoms with Crippen LogP contribution in [0.5, 0.6) is 0 Å². The number of rotatable bonds is 4. The minimum atomic E-state index is 0.332. The predicted molar refractivity (Wildman–Crippen MR) is 96.4 cm³/mol. The molecule has 3 heteroatoms. The van der Waals surface area contributed by atoms with Crippen molar-refractivity contribution in [2.24, 2.45) is 11.3 Å². The molecule has 0 aromatic rings. The molecule has 22 heavy (non-hydrogen) atoms. The fourth-order valence-electron chi connectivity index (χ4n) is 4.07. The molecule has 0 N–H and O–H groups in total. The zero-order valence-corrected chi connectivity index (χ0v) is 16.0. The van der Waals surface area contributed by atoms with Crippen LogP contribution in [0.2, 0.25) is 0 Å². The van der Waals surface area contributed by atoms with Crippen LogP contribution in [-0.2, 0) is 0 Å². The van der Waals surface area contributed by atoms with Gasteiger partial charge in [-0.1, -0.05) is 20.8 Å². The van der Waals surface area contributed by atoms with E-state index < -0.39 is 0 Å². The molecular weight excluding hydrogens is 270 g/mol. The Balaban J connectivity index is 1.75. The molecule has 0 atom stereocenters. The predicted octanol–water partition coefficient (Wildman–Crippen LogP) is 3.16. The van der Waals surface area contributed by atoms with Crippen LogP contribution >= 0.6 is 0 Å². The zero-order chi connectivity index (χ0) is 16.4. The van der Waals surface area contributed by atoms with Gasteiger partial charge in [0.2, 0.25) is 0 Å². The molecular formula is C19H39N3. The molecule has 130 valence electrons. The average molecular weight is 310 g/mol. The van der Waals surface area contributed by atoms with Gasteiger partial charge in [0.25, 0.3) is 0 Å². The minimum absolute atomic E-state index is 0.332. The topological polar surface area (TPSA) is 9.72 Å². The highest BCUT2D eigenvalue weighted by molar-refractivity contribution is 4.88. The smallest absolute Gasteiger partial charge is 0.0126 e. The van der Waals surface area contributed by atoms with E-state index in [0.717, 1.165) is 5.92 Å². The Bertz CT molecular complexity index is 329. The summed E-state index contributed by atoms with van der Waals surface area (Å²) in [6.45, 7) is 24.4. The maximum Gasteiger partial charge on any atom is 0.0126 e. The molecule has 0 spiro atoms. The van der Waals surface area contributed by atoms with Gasteiger partial charge in [-0.25, -0.2) is 0 Å². The summed E-state index contributed by atoms with van der Waals surface area (Å²) >= 11 is 0. The van der Waals surface area contributed by atoms with Crippen molar-refractivity contribution in [3.8, 4) is 0 Å². The van der Waals surface area contributed by atoms with E-state index >= 15 is 0 Å². The van der Waals surface area contributed by atoms with Crippen LogP contribution in [0.3, 0.4) is 0 Å². The molecule has 0 unspecified atom stereocenters. The Morgan fingerprint density at radius 2 is 1.41 bits per heavy atom. The first kappa shape index (κ1) is 18.2. The third kappa shape index (κ3) is 5.21. The van der Waals surface area contributed by atoms with Gasteiger partial charge in [-0.2, -0.15) is 0 Å². The molecule has 2 aliphatic rings. The number of piperazine rings is 1. The Labute approximate surface area is 139 Å². The number of hydrogen-bond donors (Lipinski definition) is 0. The van der Waals surface area contributed by atoms with Gasteiger partial charge in [0.15, 0.2) is 0 Å². The van der Waals surface area contributed by atoms with E-state index in [1.807, 2.05) is 0 Å². The van der Waals surface area contributed by atoms with E-state index in [1.165, 1.54) is 65.2 Å². The van der Waals surface area contributed by atoms with Crippen molar-refractivity contribution in [1.82, 2.24) is 14.7 Å². The second kappa shape index (κ2) is 7.19. The van der Waals surface area contributed by atoms with Crippen LogP contribution in [0.25, 0.3) is 0 Å². The minimum Gasteiger partial charge on any atom is -0.303 e. The summed E-state index contributed by atoms with van der Waals surface area (Å²) in [4.78, 5) is 8.03. The van der Waals surface area contributed by atoms with Gasteiger partial charge in [0.05, 0.1) is 0 Å². The molecule has 0 amide bonds. The Hall–Kier alpha value is -0.120. The van der Waals surface area contributed by atoms with Crippen LogP contribution in [0.4, 0.5) is 0 Å². The molecule has 0 bridgehead atoms. The lowest BCUT2D eigenvalue weighted by atomic mass is 9.79. The van der Waals surface area contributed by atoms with Gasteiger partial charge < -0.3 is 9.80 Å². The maximum absolute atomic E-state index is 2.72. The van der Waals surface area contributed by atoms with Crippen molar-refractivity contribution in [3.63, 3.8) is 0 Å². The van der Waals surface area contributed by atoms with E-state index in [2.05, 4.69) is 56.2 Å². The van der Waals surface area contributed by atoms with E-state index in [1.54, 1.807) is 0 Å². The van der Waals surface area contributed by atoms with Crippen molar-refractivity contribution in [2.45, 2.75) is 59.9 Å². The molecule has 0 saturated carbocycles. The second-order valence-corrected chi connectivity index (χ2v) is 9.44. The Kier molecular flexibility index (Phi) is 5.95. The van der Waals surface area contributed by atoms with Gasteiger partial charge in [-0.05, 0) is 58.0 Å². The molecule has 0 aromatic carbocycles. The SMILES string of the molecule is CC(C)CN1CCC(C)(CN2CCN(C(C)(C)C)CC2)CC1. The van der Waals surface area contributed by atoms with Gasteiger partial charge in [-0.3, -0.25) is 4.90 Å². The van der Waals surface area contributed by atoms with Crippen LogP contribution in [0, 0.1) is 11.3 Å². The lowest BCUT2D eigenvalue weighted by Crippen LogP contribution is -2.55. The summed E-state index contributed by atoms with van der Waals surface area (Å²) in [6, 6.07) is 0. The van der Waals surface area contributed by atoms with E-state index in [4.69, 9.17) is 0 Å². The maximum atomic E-state index is 2.72. The summed E-state index contributed by atoms with van der Waals surface area (Å²) < 4.78 is 0. The quantitative estimate of drug-likeness (QED) is 0.790. The molecule has 0 aromatic heterocycles. The molecule has 0 aliphatic carbocycles. The molecule has 2 rings (SSSR count). The summed E-state index contributed by atoms with van der Waals surface area (Å²) in [6.07, 6.45) is 2.75. The zero-order valence-electron chi connectivity index (χ0n) is 16.0. The molecule has 2 saturated heterocycles. The lowest BCUT2D eigenvalue weighted by Gasteiger charge is -2.46. The van der Waals surface area contributed by atoms with Crippen molar-refractivity contribution in [3.05, 3.63) is 0 Å². The first-order valence-electron chi connectivity index (χ1n) is 9.38. The first-order chi connectivity index (χ1) is 10.2.